The van der Waals surface area contributed by atoms with Crippen LogP contribution in [0, 0.1) is 13.8 Å². The number of nitrogens with one attached hydrogen (secondary N) is 2. The molecule has 0 fully saturated rings. The molecule has 164 valence electrons. The van der Waals surface area contributed by atoms with Crippen molar-refractivity contribution in [2.24, 2.45) is 0 Å². The highest BCUT2D eigenvalue weighted by atomic mass is 19.4. The summed E-state index contributed by atoms with van der Waals surface area (Å²) in [5.74, 6) is 0.618. The quantitative estimate of drug-likeness (QED) is 0.441. The Labute approximate surface area is 179 Å². The van der Waals surface area contributed by atoms with Crippen LogP contribution in [0.15, 0.2) is 48.5 Å². The van der Waals surface area contributed by atoms with Gasteiger partial charge >= 0.3 is 6.36 Å². The number of alkyl halides is 3. The molecule has 0 aliphatic rings. The number of hydrogen-bond donors (Lipinski definition) is 2. The van der Waals surface area contributed by atoms with Crippen LogP contribution in [0.5, 0.6) is 5.75 Å². The van der Waals surface area contributed by atoms with E-state index in [9.17, 15) is 13.2 Å². The topological polar surface area (TPSA) is 59.1 Å². The molecule has 3 aromatic rings. The highest BCUT2D eigenvalue weighted by Gasteiger charge is 2.31. The van der Waals surface area contributed by atoms with E-state index < -0.39 is 6.36 Å². The number of halogens is 3. The lowest BCUT2D eigenvalue weighted by molar-refractivity contribution is -0.274. The lowest BCUT2D eigenvalue weighted by Gasteiger charge is -2.15. The fraction of sp³-hybridized carbons (Fsp3) is 0.304. The molecule has 3 rings (SSSR count). The van der Waals surface area contributed by atoms with Crippen LogP contribution in [0.2, 0.25) is 0 Å². The van der Waals surface area contributed by atoms with Crippen molar-refractivity contribution in [1.29, 1.82) is 0 Å². The molecular formula is C23H25F3N4O. The third-order valence-corrected chi connectivity index (χ3v) is 4.57. The van der Waals surface area contributed by atoms with Crippen molar-refractivity contribution in [2.45, 2.75) is 46.5 Å². The Kier molecular flexibility index (Phi) is 6.68. The van der Waals surface area contributed by atoms with Crippen molar-refractivity contribution < 1.29 is 17.9 Å². The van der Waals surface area contributed by atoms with Gasteiger partial charge < -0.3 is 15.4 Å². The number of nitrogens with zero attached hydrogens (tertiary/aromatic N) is 2. The zero-order chi connectivity index (χ0) is 22.6. The van der Waals surface area contributed by atoms with Crippen molar-refractivity contribution in [2.75, 3.05) is 10.6 Å². The van der Waals surface area contributed by atoms with E-state index in [0.717, 1.165) is 23.2 Å². The second-order valence-electron chi connectivity index (χ2n) is 7.49. The molecule has 1 heterocycles. The fourth-order valence-electron chi connectivity index (χ4n) is 3.09. The second kappa shape index (κ2) is 9.24. The van der Waals surface area contributed by atoms with Crippen molar-refractivity contribution in [3.8, 4) is 17.0 Å². The molecule has 5 nitrogen and oxygen atoms in total. The van der Waals surface area contributed by atoms with Crippen LogP contribution in [0.3, 0.4) is 0 Å². The molecule has 0 spiro atoms. The Hall–Kier alpha value is -3.29. The molecule has 2 aromatic carbocycles. The van der Waals surface area contributed by atoms with Crippen molar-refractivity contribution in [1.82, 2.24) is 9.97 Å². The van der Waals surface area contributed by atoms with Gasteiger partial charge in [-0.1, -0.05) is 25.1 Å². The van der Waals surface area contributed by atoms with Crippen molar-refractivity contribution in [3.05, 3.63) is 59.7 Å². The molecule has 0 amide bonds. The average molecular weight is 430 g/mol. The minimum atomic E-state index is -4.76. The first-order chi connectivity index (χ1) is 14.6. The number of aryl methyl sites for hydroxylation is 2. The van der Waals surface area contributed by atoms with Crippen molar-refractivity contribution >= 4 is 17.5 Å². The van der Waals surface area contributed by atoms with E-state index in [2.05, 4.69) is 31.4 Å². The molecule has 2 N–H and O–H groups in total. The summed E-state index contributed by atoms with van der Waals surface area (Å²) < 4.78 is 41.9. The average Bonchev–Trinajstić information content (AvgIpc) is 2.65. The predicted octanol–water partition coefficient (Wildman–Crippen LogP) is 6.61. The predicted molar refractivity (Wildman–Crippen MR) is 117 cm³/mol. The van der Waals surface area contributed by atoms with Crippen LogP contribution in [0.1, 0.15) is 31.4 Å². The third-order valence-electron chi connectivity index (χ3n) is 4.57. The molecule has 0 bridgehead atoms. The van der Waals surface area contributed by atoms with Crippen LogP contribution in [0.25, 0.3) is 11.3 Å². The highest BCUT2D eigenvalue weighted by Crippen LogP contribution is 2.29. The summed E-state index contributed by atoms with van der Waals surface area (Å²) in [6, 6.07) is 13.6. The van der Waals surface area contributed by atoms with Crippen LogP contribution in [-0.2, 0) is 0 Å². The number of aromatic nitrogens is 2. The Morgan fingerprint density at radius 3 is 2.35 bits per heavy atom. The Balaban J connectivity index is 2.00. The van der Waals surface area contributed by atoms with Gasteiger partial charge in [0.15, 0.2) is 0 Å². The highest BCUT2D eigenvalue weighted by molar-refractivity contribution is 5.68. The maximum Gasteiger partial charge on any atom is 0.573 e. The molecule has 0 unspecified atom stereocenters. The van der Waals surface area contributed by atoms with Gasteiger partial charge in [-0.25, -0.2) is 4.98 Å². The molecule has 1 aromatic heterocycles. The normalized spacial score (nSPS) is 12.4. The summed E-state index contributed by atoms with van der Waals surface area (Å²) in [7, 11) is 0. The zero-order valence-electron chi connectivity index (χ0n) is 17.8. The van der Waals surface area contributed by atoms with Gasteiger partial charge in [0.2, 0.25) is 5.95 Å². The Morgan fingerprint density at radius 1 is 1.00 bits per heavy atom. The number of anilines is 3. The maximum absolute atomic E-state index is 12.6. The largest absolute Gasteiger partial charge is 0.573 e. The zero-order valence-corrected chi connectivity index (χ0v) is 17.8. The van der Waals surface area contributed by atoms with Crippen LogP contribution in [-0.4, -0.2) is 22.4 Å². The monoisotopic (exact) mass is 430 g/mol. The minimum absolute atomic E-state index is 0.129. The van der Waals surface area contributed by atoms with Crippen LogP contribution < -0.4 is 15.4 Å². The maximum atomic E-state index is 12.6. The van der Waals surface area contributed by atoms with E-state index in [1.807, 2.05) is 39.8 Å². The van der Waals surface area contributed by atoms with Gasteiger partial charge in [-0.2, -0.15) is 4.98 Å². The molecule has 0 saturated heterocycles. The Bertz CT molecular complexity index is 1030. The molecule has 8 heteroatoms. The van der Waals surface area contributed by atoms with E-state index in [-0.39, 0.29) is 11.8 Å². The molecule has 0 saturated carbocycles. The van der Waals surface area contributed by atoms with E-state index in [1.54, 1.807) is 12.1 Å². The van der Waals surface area contributed by atoms with Gasteiger partial charge in [0, 0.05) is 23.4 Å². The molecule has 0 aliphatic heterocycles. The Morgan fingerprint density at radius 2 is 1.71 bits per heavy atom. The molecule has 1 atom stereocenters. The van der Waals surface area contributed by atoms with E-state index in [4.69, 9.17) is 0 Å². The summed E-state index contributed by atoms with van der Waals surface area (Å²) in [6.45, 7) is 8.05. The summed E-state index contributed by atoms with van der Waals surface area (Å²) in [6.07, 6.45) is -3.90. The summed E-state index contributed by atoms with van der Waals surface area (Å²) in [5, 5.41) is 6.51. The number of rotatable bonds is 7. The standard InChI is InChI=1S/C23H25F3N4O/c1-5-16(4)27-22-29-20(17-7-6-8-19(12-17)31-23(24,25)26)13-21(30-22)28-18-10-14(2)9-15(3)11-18/h6-13,16H,5H2,1-4H3,(H2,27,28,29,30)/t16-/m0/s1. The molecule has 0 aliphatic carbocycles. The van der Waals surface area contributed by atoms with Gasteiger partial charge in [0.1, 0.15) is 11.6 Å². The van der Waals surface area contributed by atoms with E-state index >= 15 is 0 Å². The number of benzene rings is 2. The SMILES string of the molecule is CC[C@H](C)Nc1nc(Nc2cc(C)cc(C)c2)cc(-c2cccc(OC(F)(F)F)c2)n1. The lowest BCUT2D eigenvalue weighted by Crippen LogP contribution is -2.17. The van der Waals surface area contributed by atoms with Gasteiger partial charge in [0.25, 0.3) is 0 Å². The first-order valence-electron chi connectivity index (χ1n) is 9.98. The van der Waals surface area contributed by atoms with Crippen LogP contribution >= 0.6 is 0 Å². The van der Waals surface area contributed by atoms with E-state index in [0.29, 0.717) is 23.0 Å². The van der Waals surface area contributed by atoms with Crippen LogP contribution in [0.4, 0.5) is 30.6 Å². The van der Waals surface area contributed by atoms with E-state index in [1.165, 1.54) is 18.2 Å². The molecule has 31 heavy (non-hydrogen) atoms. The van der Waals surface area contributed by atoms with Gasteiger partial charge in [-0.15, -0.1) is 13.2 Å². The third kappa shape index (κ3) is 6.60. The minimum Gasteiger partial charge on any atom is -0.406 e. The number of ether oxygens (including phenoxy) is 1. The summed E-state index contributed by atoms with van der Waals surface area (Å²) >= 11 is 0. The number of hydrogen-bond acceptors (Lipinski definition) is 5. The molecule has 0 radical (unpaired) electrons. The van der Waals surface area contributed by atoms with Gasteiger partial charge in [-0.3, -0.25) is 0 Å². The second-order valence-corrected chi connectivity index (χ2v) is 7.49. The fourth-order valence-corrected chi connectivity index (χ4v) is 3.09. The smallest absolute Gasteiger partial charge is 0.406 e. The van der Waals surface area contributed by atoms with Crippen molar-refractivity contribution in [3.63, 3.8) is 0 Å². The first kappa shape index (κ1) is 22.4. The summed E-state index contributed by atoms with van der Waals surface area (Å²) in [5.41, 5.74) is 4.03. The lowest BCUT2D eigenvalue weighted by atomic mass is 10.1. The first-order valence-corrected chi connectivity index (χ1v) is 9.98. The molecular weight excluding hydrogens is 405 g/mol. The van der Waals surface area contributed by atoms with Gasteiger partial charge in [0.05, 0.1) is 5.69 Å². The summed E-state index contributed by atoms with van der Waals surface area (Å²) in [4.78, 5) is 9.05. The van der Waals surface area contributed by atoms with Gasteiger partial charge in [-0.05, 0) is 62.6 Å².